The molecule has 0 aliphatic rings. The second-order valence-electron chi connectivity index (χ2n) is 3.72. The van der Waals surface area contributed by atoms with Crippen LogP contribution in [0.25, 0.3) is 0 Å². The van der Waals surface area contributed by atoms with E-state index < -0.39 is 30.4 Å². The molecule has 0 spiro atoms. The van der Waals surface area contributed by atoms with Gasteiger partial charge < -0.3 is 14.6 Å². The number of esters is 1. The van der Waals surface area contributed by atoms with E-state index in [4.69, 9.17) is 0 Å². The van der Waals surface area contributed by atoms with Gasteiger partial charge in [-0.05, 0) is 24.6 Å². The van der Waals surface area contributed by atoms with Crippen molar-refractivity contribution in [2.75, 3.05) is 6.61 Å². The maximum Gasteiger partial charge on any atom is 0.573 e. The Hall–Kier alpha value is -1.83. The van der Waals surface area contributed by atoms with Gasteiger partial charge in [-0.25, -0.2) is 9.18 Å². The standard InChI is InChI=1S/C12H12F4O4/c1-2-19-11(18)9(13)10(17)7-4-3-5-8(6-7)20-12(14,15)16/h3-6,9-10,17H,2H2,1H3. The maximum absolute atomic E-state index is 13.5. The number of hydrogen-bond donors (Lipinski definition) is 1. The second-order valence-corrected chi connectivity index (χ2v) is 3.72. The van der Waals surface area contributed by atoms with Crippen LogP contribution in [0, 0.1) is 0 Å². The van der Waals surface area contributed by atoms with Gasteiger partial charge in [0.25, 0.3) is 0 Å². The largest absolute Gasteiger partial charge is 0.573 e. The first kappa shape index (κ1) is 16.2. The van der Waals surface area contributed by atoms with Crippen LogP contribution in [-0.2, 0) is 9.53 Å². The number of alkyl halides is 4. The zero-order chi connectivity index (χ0) is 15.3. The normalized spacial score (nSPS) is 14.5. The van der Waals surface area contributed by atoms with Gasteiger partial charge in [-0.2, -0.15) is 0 Å². The Labute approximate surface area is 111 Å². The molecule has 20 heavy (non-hydrogen) atoms. The third-order valence-electron chi connectivity index (χ3n) is 2.22. The lowest BCUT2D eigenvalue weighted by molar-refractivity contribution is -0.274. The highest BCUT2D eigenvalue weighted by Gasteiger charge is 2.32. The van der Waals surface area contributed by atoms with Crippen molar-refractivity contribution in [1.29, 1.82) is 0 Å². The summed E-state index contributed by atoms with van der Waals surface area (Å²) in [6, 6.07) is 4.09. The first-order chi connectivity index (χ1) is 9.24. The van der Waals surface area contributed by atoms with E-state index in [9.17, 15) is 27.5 Å². The number of aliphatic hydroxyl groups excluding tert-OH is 1. The molecule has 1 rings (SSSR count). The molecule has 2 unspecified atom stereocenters. The second kappa shape index (κ2) is 6.56. The van der Waals surface area contributed by atoms with Gasteiger partial charge in [0.2, 0.25) is 6.17 Å². The Morgan fingerprint density at radius 2 is 2.05 bits per heavy atom. The monoisotopic (exact) mass is 296 g/mol. The van der Waals surface area contributed by atoms with Gasteiger partial charge in [0.15, 0.2) is 0 Å². The summed E-state index contributed by atoms with van der Waals surface area (Å²) in [5.74, 6) is -1.91. The minimum atomic E-state index is -4.90. The highest BCUT2D eigenvalue weighted by atomic mass is 19.4. The molecule has 2 atom stereocenters. The van der Waals surface area contributed by atoms with E-state index in [2.05, 4.69) is 9.47 Å². The van der Waals surface area contributed by atoms with Gasteiger partial charge in [-0.1, -0.05) is 12.1 Å². The molecule has 0 aliphatic heterocycles. The van der Waals surface area contributed by atoms with Crippen molar-refractivity contribution in [1.82, 2.24) is 0 Å². The lowest BCUT2D eigenvalue weighted by Crippen LogP contribution is -2.26. The van der Waals surface area contributed by atoms with E-state index in [1.807, 2.05) is 0 Å². The number of rotatable bonds is 5. The van der Waals surface area contributed by atoms with Gasteiger partial charge >= 0.3 is 12.3 Å². The minimum absolute atomic E-state index is 0.0802. The molecular weight excluding hydrogens is 284 g/mol. The molecule has 8 heteroatoms. The first-order valence-electron chi connectivity index (χ1n) is 5.59. The number of hydrogen-bond acceptors (Lipinski definition) is 4. The number of benzene rings is 1. The molecule has 0 aromatic heterocycles. The van der Waals surface area contributed by atoms with Crippen LogP contribution >= 0.6 is 0 Å². The minimum Gasteiger partial charge on any atom is -0.464 e. The van der Waals surface area contributed by atoms with E-state index in [1.165, 1.54) is 13.0 Å². The maximum atomic E-state index is 13.5. The van der Waals surface area contributed by atoms with Crippen molar-refractivity contribution in [2.45, 2.75) is 25.6 Å². The fraction of sp³-hybridized carbons (Fsp3) is 0.417. The van der Waals surface area contributed by atoms with Crippen LogP contribution in [0.2, 0.25) is 0 Å². The van der Waals surface area contributed by atoms with Crippen LogP contribution < -0.4 is 4.74 Å². The number of ether oxygens (including phenoxy) is 2. The van der Waals surface area contributed by atoms with Crippen molar-refractivity contribution in [3.05, 3.63) is 29.8 Å². The summed E-state index contributed by atoms with van der Waals surface area (Å²) in [5.41, 5.74) is -0.229. The van der Waals surface area contributed by atoms with E-state index >= 15 is 0 Å². The number of carbonyl (C=O) groups is 1. The van der Waals surface area contributed by atoms with Crippen LogP contribution in [0.5, 0.6) is 5.75 Å². The molecule has 1 aromatic rings. The molecule has 0 aliphatic carbocycles. The Balaban J connectivity index is 2.85. The average Bonchev–Trinajstić information content (AvgIpc) is 2.35. The summed E-state index contributed by atoms with van der Waals surface area (Å²) in [5, 5.41) is 9.60. The summed E-state index contributed by atoms with van der Waals surface area (Å²) in [6.45, 7) is 1.37. The molecule has 0 saturated heterocycles. The third-order valence-corrected chi connectivity index (χ3v) is 2.22. The average molecular weight is 296 g/mol. The molecule has 0 amide bonds. The van der Waals surface area contributed by atoms with Gasteiger partial charge in [0, 0.05) is 0 Å². The Morgan fingerprint density at radius 1 is 1.40 bits per heavy atom. The topological polar surface area (TPSA) is 55.8 Å². The molecular formula is C12H12F4O4. The Bertz CT molecular complexity index is 461. The summed E-state index contributed by atoms with van der Waals surface area (Å²) in [4.78, 5) is 11.1. The van der Waals surface area contributed by atoms with Crippen molar-refractivity contribution in [2.24, 2.45) is 0 Å². The third kappa shape index (κ3) is 4.69. The lowest BCUT2D eigenvalue weighted by Gasteiger charge is -2.16. The molecule has 0 saturated carbocycles. The summed E-state index contributed by atoms with van der Waals surface area (Å²) in [7, 11) is 0. The Morgan fingerprint density at radius 3 is 2.60 bits per heavy atom. The SMILES string of the molecule is CCOC(=O)C(F)C(O)c1cccc(OC(F)(F)F)c1. The van der Waals surface area contributed by atoms with Crippen molar-refractivity contribution < 1.29 is 36.9 Å². The molecule has 112 valence electrons. The summed E-state index contributed by atoms with van der Waals surface area (Å²) >= 11 is 0. The van der Waals surface area contributed by atoms with Gasteiger partial charge in [-0.3, -0.25) is 0 Å². The summed E-state index contributed by atoms with van der Waals surface area (Å²) in [6.07, 6.45) is -9.23. The van der Waals surface area contributed by atoms with Crippen LogP contribution in [0.3, 0.4) is 0 Å². The van der Waals surface area contributed by atoms with Gasteiger partial charge in [0.05, 0.1) is 6.61 Å². The molecule has 0 fully saturated rings. The molecule has 0 heterocycles. The van der Waals surface area contributed by atoms with Gasteiger partial charge in [0.1, 0.15) is 11.9 Å². The molecule has 0 radical (unpaired) electrons. The first-order valence-corrected chi connectivity index (χ1v) is 5.59. The molecule has 4 nitrogen and oxygen atoms in total. The van der Waals surface area contributed by atoms with E-state index in [0.29, 0.717) is 0 Å². The van der Waals surface area contributed by atoms with Crippen molar-refractivity contribution in [3.8, 4) is 5.75 Å². The predicted molar refractivity (Wildman–Crippen MR) is 59.6 cm³/mol. The van der Waals surface area contributed by atoms with E-state index in [-0.39, 0.29) is 12.2 Å². The number of aliphatic hydroxyl groups is 1. The van der Waals surface area contributed by atoms with Crippen molar-refractivity contribution in [3.63, 3.8) is 0 Å². The van der Waals surface area contributed by atoms with Crippen LogP contribution in [0.15, 0.2) is 24.3 Å². The Kier molecular flexibility index (Phi) is 5.32. The molecule has 1 aromatic carbocycles. The van der Waals surface area contributed by atoms with Crippen LogP contribution in [-0.4, -0.2) is 30.2 Å². The smallest absolute Gasteiger partial charge is 0.464 e. The van der Waals surface area contributed by atoms with E-state index in [0.717, 1.165) is 18.2 Å². The highest BCUT2D eigenvalue weighted by Crippen LogP contribution is 2.27. The zero-order valence-electron chi connectivity index (χ0n) is 10.4. The predicted octanol–water partition coefficient (Wildman–Crippen LogP) is 2.52. The lowest BCUT2D eigenvalue weighted by atomic mass is 10.1. The van der Waals surface area contributed by atoms with Crippen LogP contribution in [0.1, 0.15) is 18.6 Å². The van der Waals surface area contributed by atoms with Crippen LogP contribution in [0.4, 0.5) is 17.6 Å². The zero-order valence-corrected chi connectivity index (χ0v) is 10.4. The summed E-state index contributed by atoms with van der Waals surface area (Å²) < 4.78 is 57.6. The quantitative estimate of drug-likeness (QED) is 0.670. The fourth-order valence-corrected chi connectivity index (χ4v) is 1.42. The number of carbonyl (C=O) groups excluding carboxylic acids is 1. The molecule has 0 bridgehead atoms. The molecule has 1 N–H and O–H groups in total. The fourth-order valence-electron chi connectivity index (χ4n) is 1.42. The van der Waals surface area contributed by atoms with Gasteiger partial charge in [-0.15, -0.1) is 13.2 Å². The van der Waals surface area contributed by atoms with E-state index in [1.54, 1.807) is 0 Å². The highest BCUT2D eigenvalue weighted by molar-refractivity contribution is 5.75. The van der Waals surface area contributed by atoms with Crippen molar-refractivity contribution >= 4 is 5.97 Å². The number of halogens is 4.